The lowest BCUT2D eigenvalue weighted by Gasteiger charge is -2.33. The zero-order chi connectivity index (χ0) is 14.0. The van der Waals surface area contributed by atoms with Gasteiger partial charge in [-0.1, -0.05) is 6.92 Å². The van der Waals surface area contributed by atoms with Gasteiger partial charge >= 0.3 is 0 Å². The third-order valence-corrected chi connectivity index (χ3v) is 3.88. The summed E-state index contributed by atoms with van der Waals surface area (Å²) in [5.41, 5.74) is 2.76. The molecule has 1 aliphatic rings. The molecule has 4 N–H and O–H groups in total. The van der Waals surface area contributed by atoms with Gasteiger partial charge in [-0.05, 0) is 47.1 Å². The van der Waals surface area contributed by atoms with Crippen LogP contribution < -0.4 is 16.6 Å². The van der Waals surface area contributed by atoms with Crippen LogP contribution in [0.25, 0.3) is 0 Å². The van der Waals surface area contributed by atoms with Crippen LogP contribution in [0.1, 0.15) is 41.0 Å². The maximum Gasteiger partial charge on any atom is 0.163 e. The van der Waals surface area contributed by atoms with E-state index in [0.29, 0.717) is 5.92 Å². The van der Waals surface area contributed by atoms with E-state index in [1.807, 2.05) is 20.9 Å². The predicted molar refractivity (Wildman–Crippen MR) is 72.9 cm³/mol. The van der Waals surface area contributed by atoms with E-state index >= 15 is 0 Å². The minimum atomic E-state index is -0.494. The molecule has 18 heavy (non-hydrogen) atoms. The highest BCUT2D eigenvalue weighted by molar-refractivity contribution is 4.89. The highest BCUT2D eigenvalue weighted by Crippen LogP contribution is 2.33. The second-order valence-electron chi connectivity index (χ2n) is 6.27. The van der Waals surface area contributed by atoms with Crippen molar-refractivity contribution >= 4 is 0 Å². The third-order valence-electron chi connectivity index (χ3n) is 3.88. The Labute approximate surface area is 111 Å². The molecule has 5 heteroatoms. The maximum atomic E-state index is 5.99. The number of rotatable bonds is 6. The van der Waals surface area contributed by atoms with Gasteiger partial charge in [0.25, 0.3) is 0 Å². The number of hydrogen-bond acceptors (Lipinski definition) is 5. The van der Waals surface area contributed by atoms with Crippen molar-refractivity contribution in [3.63, 3.8) is 0 Å². The van der Waals surface area contributed by atoms with Crippen LogP contribution in [-0.2, 0) is 9.47 Å². The van der Waals surface area contributed by atoms with E-state index in [1.165, 1.54) is 0 Å². The molecule has 3 unspecified atom stereocenters. The van der Waals surface area contributed by atoms with Crippen LogP contribution in [-0.4, -0.2) is 37.1 Å². The SMILES string of the molecule is CNCC1OC(C)(C)OC1CC(C)C(C)(C)NN. The molecule has 0 bridgehead atoms. The minimum Gasteiger partial charge on any atom is -0.345 e. The molecule has 5 nitrogen and oxygen atoms in total. The van der Waals surface area contributed by atoms with Crippen LogP contribution in [0.5, 0.6) is 0 Å². The summed E-state index contributed by atoms with van der Waals surface area (Å²) in [5, 5.41) is 3.16. The highest BCUT2D eigenvalue weighted by atomic mass is 16.7. The molecule has 0 aliphatic carbocycles. The van der Waals surface area contributed by atoms with Gasteiger partial charge in [0.15, 0.2) is 5.79 Å². The zero-order valence-corrected chi connectivity index (χ0v) is 12.5. The number of hydrazine groups is 1. The van der Waals surface area contributed by atoms with Crippen molar-refractivity contribution in [2.45, 2.75) is 64.6 Å². The Balaban J connectivity index is 2.64. The third kappa shape index (κ3) is 3.90. The van der Waals surface area contributed by atoms with Crippen LogP contribution in [0.4, 0.5) is 0 Å². The normalized spacial score (nSPS) is 29.5. The van der Waals surface area contributed by atoms with Crippen LogP contribution in [0.3, 0.4) is 0 Å². The molecule has 1 rings (SSSR count). The Morgan fingerprint density at radius 3 is 2.33 bits per heavy atom. The minimum absolute atomic E-state index is 0.0982. The van der Waals surface area contributed by atoms with E-state index in [2.05, 4.69) is 31.5 Å². The molecule has 0 spiro atoms. The molecule has 1 saturated heterocycles. The Morgan fingerprint density at radius 1 is 1.28 bits per heavy atom. The molecule has 1 fully saturated rings. The first-order valence-corrected chi connectivity index (χ1v) is 6.70. The molecule has 0 radical (unpaired) electrons. The van der Waals surface area contributed by atoms with Crippen molar-refractivity contribution in [3.8, 4) is 0 Å². The lowest BCUT2D eigenvalue weighted by Crippen LogP contribution is -2.50. The van der Waals surface area contributed by atoms with Crippen LogP contribution in [0.2, 0.25) is 0 Å². The molecular formula is C13H29N3O2. The zero-order valence-electron chi connectivity index (χ0n) is 12.5. The van der Waals surface area contributed by atoms with Crippen LogP contribution in [0.15, 0.2) is 0 Å². The van der Waals surface area contributed by atoms with Gasteiger partial charge in [-0.2, -0.15) is 0 Å². The van der Waals surface area contributed by atoms with Crippen molar-refractivity contribution in [2.24, 2.45) is 11.8 Å². The van der Waals surface area contributed by atoms with Gasteiger partial charge in [-0.25, -0.2) is 0 Å². The van der Waals surface area contributed by atoms with Crippen LogP contribution in [0, 0.1) is 5.92 Å². The standard InChI is InChI=1S/C13H29N3O2/c1-9(12(2,3)16-14)7-10-11(8-15-6)18-13(4,5)17-10/h9-11,15-16H,7-8,14H2,1-6H3. The molecule has 108 valence electrons. The van der Waals surface area contributed by atoms with E-state index in [0.717, 1.165) is 13.0 Å². The first-order chi connectivity index (χ1) is 8.22. The molecular weight excluding hydrogens is 230 g/mol. The Kier molecular flexibility index (Phi) is 5.14. The first kappa shape index (κ1) is 15.9. The van der Waals surface area contributed by atoms with Crippen molar-refractivity contribution in [3.05, 3.63) is 0 Å². The Morgan fingerprint density at radius 2 is 1.83 bits per heavy atom. The van der Waals surface area contributed by atoms with E-state index in [9.17, 15) is 0 Å². The van der Waals surface area contributed by atoms with Gasteiger partial charge in [-0.3, -0.25) is 11.3 Å². The molecule has 0 amide bonds. The highest BCUT2D eigenvalue weighted by Gasteiger charge is 2.42. The molecule has 0 saturated carbocycles. The molecule has 3 atom stereocenters. The summed E-state index contributed by atoms with van der Waals surface area (Å²) in [6.45, 7) is 11.1. The quantitative estimate of drug-likeness (QED) is 0.490. The number of nitrogens with one attached hydrogen (secondary N) is 2. The first-order valence-electron chi connectivity index (χ1n) is 6.70. The number of nitrogens with two attached hydrogens (primary N) is 1. The second-order valence-corrected chi connectivity index (χ2v) is 6.27. The number of ether oxygens (including phenoxy) is 2. The molecule has 0 aromatic rings. The summed E-state index contributed by atoms with van der Waals surface area (Å²) < 4.78 is 11.9. The van der Waals surface area contributed by atoms with Crippen molar-refractivity contribution in [1.29, 1.82) is 0 Å². The Bertz CT molecular complexity index is 269. The summed E-state index contributed by atoms with van der Waals surface area (Å²) in [4.78, 5) is 0. The number of hydrogen-bond donors (Lipinski definition) is 3. The van der Waals surface area contributed by atoms with Crippen LogP contribution >= 0.6 is 0 Å². The smallest absolute Gasteiger partial charge is 0.163 e. The fourth-order valence-electron chi connectivity index (χ4n) is 2.27. The predicted octanol–water partition coefficient (Wildman–Crippen LogP) is 0.994. The van der Waals surface area contributed by atoms with Gasteiger partial charge in [0.2, 0.25) is 0 Å². The molecule has 1 aliphatic heterocycles. The fourth-order valence-corrected chi connectivity index (χ4v) is 2.27. The van der Waals surface area contributed by atoms with Crippen molar-refractivity contribution in [1.82, 2.24) is 10.7 Å². The van der Waals surface area contributed by atoms with Gasteiger partial charge in [0, 0.05) is 12.1 Å². The summed E-state index contributed by atoms with van der Waals surface area (Å²) in [6, 6.07) is 0. The fraction of sp³-hybridized carbons (Fsp3) is 1.00. The summed E-state index contributed by atoms with van der Waals surface area (Å²) in [5.74, 6) is 5.49. The lowest BCUT2D eigenvalue weighted by molar-refractivity contribution is -0.147. The monoisotopic (exact) mass is 259 g/mol. The lowest BCUT2D eigenvalue weighted by atomic mass is 9.84. The molecule has 0 aromatic carbocycles. The average Bonchev–Trinajstić information content (AvgIpc) is 2.53. The van der Waals surface area contributed by atoms with E-state index < -0.39 is 5.79 Å². The van der Waals surface area contributed by atoms with Gasteiger partial charge in [0.05, 0.1) is 12.2 Å². The van der Waals surface area contributed by atoms with Crippen molar-refractivity contribution in [2.75, 3.05) is 13.6 Å². The van der Waals surface area contributed by atoms with E-state index in [4.69, 9.17) is 15.3 Å². The number of likely N-dealkylation sites (N-methyl/N-ethyl adjacent to an activating group) is 1. The average molecular weight is 259 g/mol. The second kappa shape index (κ2) is 5.84. The topological polar surface area (TPSA) is 68.5 Å². The summed E-state index contributed by atoms with van der Waals surface area (Å²) in [7, 11) is 1.93. The Hall–Kier alpha value is -0.200. The summed E-state index contributed by atoms with van der Waals surface area (Å²) >= 11 is 0. The van der Waals surface area contributed by atoms with Gasteiger partial charge in [0.1, 0.15) is 0 Å². The van der Waals surface area contributed by atoms with Gasteiger partial charge in [-0.15, -0.1) is 0 Å². The maximum absolute atomic E-state index is 5.99. The van der Waals surface area contributed by atoms with Gasteiger partial charge < -0.3 is 14.8 Å². The van der Waals surface area contributed by atoms with Crippen molar-refractivity contribution < 1.29 is 9.47 Å². The van der Waals surface area contributed by atoms with E-state index in [-0.39, 0.29) is 17.7 Å². The molecule has 0 aromatic heterocycles. The largest absolute Gasteiger partial charge is 0.345 e. The van der Waals surface area contributed by atoms with E-state index in [1.54, 1.807) is 0 Å². The molecule has 1 heterocycles. The summed E-state index contributed by atoms with van der Waals surface area (Å²) in [6.07, 6.45) is 1.13.